The van der Waals surface area contributed by atoms with E-state index in [1.165, 1.54) is 0 Å². The number of unbranched alkanes of at least 4 members (excludes halogenated alkanes) is 2. The van der Waals surface area contributed by atoms with Crippen LogP contribution in [-0.4, -0.2) is 16.6 Å². The maximum absolute atomic E-state index is 11.5. The van der Waals surface area contributed by atoms with Crippen molar-refractivity contribution in [2.75, 3.05) is 5.32 Å². The first kappa shape index (κ1) is 16.3. The molecule has 0 spiro atoms. The van der Waals surface area contributed by atoms with E-state index < -0.39 is 11.5 Å². The maximum Gasteiger partial charge on any atom is 0.329 e. The summed E-state index contributed by atoms with van der Waals surface area (Å²) >= 11 is 9.26. The van der Waals surface area contributed by atoms with Gasteiger partial charge in [0.1, 0.15) is 5.54 Å². The van der Waals surface area contributed by atoms with E-state index in [0.717, 1.165) is 29.4 Å². The summed E-state index contributed by atoms with van der Waals surface area (Å²) in [7, 11) is 0. The molecule has 0 saturated heterocycles. The van der Waals surface area contributed by atoms with E-state index in [0.29, 0.717) is 11.4 Å². The fraction of sp³-hybridized carbons (Fsp3) is 0.500. The molecule has 106 valence electrons. The average Bonchev–Trinajstić information content (AvgIpc) is 2.34. The van der Waals surface area contributed by atoms with Crippen LogP contribution >= 0.6 is 27.5 Å². The Labute approximate surface area is 127 Å². The fourth-order valence-corrected chi connectivity index (χ4v) is 2.34. The van der Waals surface area contributed by atoms with Gasteiger partial charge in [0.05, 0.1) is 5.02 Å². The van der Waals surface area contributed by atoms with Crippen molar-refractivity contribution in [3.8, 4) is 0 Å². The number of rotatable bonds is 7. The van der Waals surface area contributed by atoms with Gasteiger partial charge in [-0.25, -0.2) is 4.79 Å². The number of carboxylic acids is 1. The van der Waals surface area contributed by atoms with Crippen molar-refractivity contribution in [1.29, 1.82) is 0 Å². The van der Waals surface area contributed by atoms with Crippen molar-refractivity contribution in [1.82, 2.24) is 0 Å². The number of hydrogen-bond donors (Lipinski definition) is 2. The molecule has 0 radical (unpaired) electrons. The summed E-state index contributed by atoms with van der Waals surface area (Å²) in [5.74, 6) is -0.838. The first-order chi connectivity index (χ1) is 8.89. The zero-order valence-corrected chi connectivity index (χ0v) is 13.5. The molecule has 0 aliphatic carbocycles. The van der Waals surface area contributed by atoms with Gasteiger partial charge >= 0.3 is 5.97 Å². The largest absolute Gasteiger partial charge is 0.480 e. The van der Waals surface area contributed by atoms with Gasteiger partial charge in [-0.15, -0.1) is 0 Å². The Balaban J connectivity index is 2.82. The third-order valence-electron chi connectivity index (χ3n) is 3.09. The monoisotopic (exact) mass is 347 g/mol. The van der Waals surface area contributed by atoms with Crippen LogP contribution < -0.4 is 5.32 Å². The highest BCUT2D eigenvalue weighted by atomic mass is 79.9. The second kappa shape index (κ2) is 7.15. The van der Waals surface area contributed by atoms with Gasteiger partial charge in [-0.2, -0.15) is 0 Å². The molecule has 0 aromatic heterocycles. The number of halogens is 2. The lowest BCUT2D eigenvalue weighted by atomic mass is 9.94. The molecular formula is C14H19BrClNO2. The smallest absolute Gasteiger partial charge is 0.329 e. The molecule has 0 fully saturated rings. The molecule has 0 saturated carbocycles. The van der Waals surface area contributed by atoms with Gasteiger partial charge in [-0.1, -0.05) is 37.8 Å². The fourth-order valence-electron chi connectivity index (χ4n) is 1.84. The lowest BCUT2D eigenvalue weighted by Gasteiger charge is -2.27. The Hall–Kier alpha value is -0.740. The van der Waals surface area contributed by atoms with Crippen LogP contribution in [0.15, 0.2) is 22.7 Å². The predicted octanol–water partition coefficient (Wildman–Crippen LogP) is 4.94. The molecule has 19 heavy (non-hydrogen) atoms. The molecule has 1 atom stereocenters. The zero-order chi connectivity index (χ0) is 14.5. The molecule has 0 aliphatic rings. The van der Waals surface area contributed by atoms with E-state index in [-0.39, 0.29) is 0 Å². The molecule has 0 bridgehead atoms. The van der Waals surface area contributed by atoms with E-state index in [1.54, 1.807) is 25.1 Å². The molecule has 1 unspecified atom stereocenters. The Bertz CT molecular complexity index is 453. The summed E-state index contributed by atoms with van der Waals surface area (Å²) in [6, 6.07) is 5.32. The van der Waals surface area contributed by atoms with E-state index in [9.17, 15) is 9.90 Å². The zero-order valence-electron chi connectivity index (χ0n) is 11.2. The van der Waals surface area contributed by atoms with Gasteiger partial charge in [0, 0.05) is 10.2 Å². The molecule has 0 amide bonds. The topological polar surface area (TPSA) is 49.3 Å². The second-order valence-corrected chi connectivity index (χ2v) is 6.11. The highest BCUT2D eigenvalue weighted by molar-refractivity contribution is 9.10. The summed E-state index contributed by atoms with van der Waals surface area (Å²) in [4.78, 5) is 11.5. The van der Waals surface area contributed by atoms with Gasteiger partial charge in [0.15, 0.2) is 0 Å². The Kier molecular flexibility index (Phi) is 6.14. The second-order valence-electron chi connectivity index (χ2n) is 4.85. The number of carbonyl (C=O) groups is 1. The van der Waals surface area contributed by atoms with E-state index >= 15 is 0 Å². The average molecular weight is 349 g/mol. The van der Waals surface area contributed by atoms with Crippen LogP contribution in [0.4, 0.5) is 5.69 Å². The lowest BCUT2D eigenvalue weighted by molar-refractivity contribution is -0.142. The molecule has 5 heteroatoms. The Morgan fingerprint density at radius 3 is 2.68 bits per heavy atom. The summed E-state index contributed by atoms with van der Waals surface area (Å²) < 4.78 is 0.750. The minimum Gasteiger partial charge on any atom is -0.480 e. The van der Waals surface area contributed by atoms with Crippen LogP contribution in [0.1, 0.15) is 39.5 Å². The first-order valence-corrected chi connectivity index (χ1v) is 7.53. The molecule has 0 aliphatic heterocycles. The number of benzene rings is 1. The van der Waals surface area contributed by atoms with Crippen molar-refractivity contribution in [2.24, 2.45) is 0 Å². The number of hydrogen-bond acceptors (Lipinski definition) is 2. The summed E-state index contributed by atoms with van der Waals surface area (Å²) in [5, 5.41) is 13.1. The maximum atomic E-state index is 11.5. The third kappa shape index (κ3) is 4.69. The highest BCUT2D eigenvalue weighted by Crippen LogP contribution is 2.28. The van der Waals surface area contributed by atoms with Gasteiger partial charge in [0.25, 0.3) is 0 Å². The normalized spacial score (nSPS) is 13.9. The Morgan fingerprint density at radius 2 is 2.16 bits per heavy atom. The van der Waals surface area contributed by atoms with Crippen molar-refractivity contribution < 1.29 is 9.90 Å². The van der Waals surface area contributed by atoms with Gasteiger partial charge < -0.3 is 10.4 Å². The SMILES string of the molecule is CCCCCC(C)(Nc1ccc(Cl)c(Br)c1)C(=O)O. The lowest BCUT2D eigenvalue weighted by Crippen LogP contribution is -2.43. The molecule has 3 nitrogen and oxygen atoms in total. The molecule has 1 aromatic rings. The Morgan fingerprint density at radius 1 is 1.47 bits per heavy atom. The van der Waals surface area contributed by atoms with Gasteiger partial charge in [-0.05, 0) is 47.5 Å². The van der Waals surface area contributed by atoms with E-state index in [2.05, 4.69) is 28.2 Å². The van der Waals surface area contributed by atoms with Crippen LogP contribution in [0.25, 0.3) is 0 Å². The van der Waals surface area contributed by atoms with Crippen molar-refractivity contribution in [3.63, 3.8) is 0 Å². The predicted molar refractivity (Wildman–Crippen MR) is 83.0 cm³/mol. The minimum atomic E-state index is -0.956. The van der Waals surface area contributed by atoms with E-state index in [4.69, 9.17) is 11.6 Å². The molecular weight excluding hydrogens is 330 g/mol. The highest BCUT2D eigenvalue weighted by Gasteiger charge is 2.32. The quantitative estimate of drug-likeness (QED) is 0.686. The molecule has 2 N–H and O–H groups in total. The number of nitrogens with one attached hydrogen (secondary N) is 1. The van der Waals surface area contributed by atoms with Gasteiger partial charge in [0.2, 0.25) is 0 Å². The summed E-state index contributed by atoms with van der Waals surface area (Å²) in [5.41, 5.74) is -0.208. The van der Waals surface area contributed by atoms with Crippen LogP contribution in [0, 0.1) is 0 Å². The van der Waals surface area contributed by atoms with Gasteiger partial charge in [-0.3, -0.25) is 0 Å². The molecule has 0 heterocycles. The third-order valence-corrected chi connectivity index (χ3v) is 4.31. The standard InChI is InChI=1S/C14H19BrClNO2/c1-3-4-5-8-14(2,13(18)19)17-10-6-7-12(16)11(15)9-10/h6-7,9,17H,3-5,8H2,1-2H3,(H,18,19). The van der Waals surface area contributed by atoms with Crippen molar-refractivity contribution in [3.05, 3.63) is 27.7 Å². The van der Waals surface area contributed by atoms with Crippen molar-refractivity contribution in [2.45, 2.75) is 45.1 Å². The number of aliphatic carboxylic acids is 1. The van der Waals surface area contributed by atoms with Crippen LogP contribution in [0.3, 0.4) is 0 Å². The summed E-state index contributed by atoms with van der Waals surface area (Å²) in [6.45, 7) is 3.81. The van der Waals surface area contributed by atoms with Crippen LogP contribution in [-0.2, 0) is 4.79 Å². The summed E-state index contributed by atoms with van der Waals surface area (Å²) in [6.07, 6.45) is 3.59. The van der Waals surface area contributed by atoms with Crippen LogP contribution in [0.2, 0.25) is 5.02 Å². The molecule has 1 rings (SSSR count). The number of carboxylic acid groups (broad SMARTS) is 1. The minimum absolute atomic E-state index is 0.594. The van der Waals surface area contributed by atoms with Crippen molar-refractivity contribution >= 4 is 39.2 Å². The molecule has 1 aromatic carbocycles. The van der Waals surface area contributed by atoms with Crippen LogP contribution in [0.5, 0.6) is 0 Å². The van der Waals surface area contributed by atoms with E-state index in [1.807, 2.05) is 0 Å². The first-order valence-electron chi connectivity index (χ1n) is 6.35. The number of anilines is 1.